The Balaban J connectivity index is 3.72. The Kier molecular flexibility index (Phi) is 6.28. The Hall–Kier alpha value is -0.230. The summed E-state index contributed by atoms with van der Waals surface area (Å²) in [6, 6.07) is 0. The predicted octanol–water partition coefficient (Wildman–Crippen LogP) is 1.46. The molecule has 0 aliphatic heterocycles. The normalized spacial score (nSPS) is 14.4. The number of ether oxygens (including phenoxy) is 1. The van der Waals surface area contributed by atoms with E-state index in [1.54, 1.807) is 0 Å². The number of hydrogen-bond acceptors (Lipinski definition) is 3. The minimum atomic E-state index is -1.05. The van der Waals surface area contributed by atoms with Crippen LogP contribution in [0.1, 0.15) is 6.42 Å². The standard InChI is InChI=1S/C9H17BrO4S/c1-15(2,3)5-4-14-8(11)6-7(10)9(12)13/h7H,4-6H2,1-3H3,(H,12,13)/t7-/m0/s1. The summed E-state index contributed by atoms with van der Waals surface area (Å²) in [7, 11) is -0.670. The number of carbonyl (C=O) groups is 2. The molecule has 0 aliphatic carbocycles. The van der Waals surface area contributed by atoms with E-state index < -0.39 is 26.8 Å². The summed E-state index contributed by atoms with van der Waals surface area (Å²) in [5.41, 5.74) is 0. The largest absolute Gasteiger partial charge is 0.480 e. The van der Waals surface area contributed by atoms with Gasteiger partial charge in [-0.3, -0.25) is 9.59 Å². The van der Waals surface area contributed by atoms with Gasteiger partial charge in [-0.2, -0.15) is 0 Å². The first-order valence-electron chi connectivity index (χ1n) is 4.41. The van der Waals surface area contributed by atoms with Gasteiger partial charge in [0.1, 0.15) is 4.83 Å². The molecule has 0 amide bonds. The molecule has 90 valence electrons. The zero-order valence-corrected chi connectivity index (χ0v) is 11.6. The van der Waals surface area contributed by atoms with E-state index in [0.29, 0.717) is 6.61 Å². The molecule has 0 bridgehead atoms. The second-order valence-electron chi connectivity index (χ2n) is 4.03. The Bertz CT molecular complexity index is 237. The van der Waals surface area contributed by atoms with Gasteiger partial charge in [0.25, 0.3) is 0 Å². The van der Waals surface area contributed by atoms with Crippen LogP contribution < -0.4 is 0 Å². The molecule has 0 aliphatic rings. The molecule has 0 unspecified atom stereocenters. The van der Waals surface area contributed by atoms with Crippen LogP contribution in [-0.2, 0) is 14.3 Å². The lowest BCUT2D eigenvalue weighted by molar-refractivity contribution is -0.146. The lowest BCUT2D eigenvalue weighted by Crippen LogP contribution is -2.20. The van der Waals surface area contributed by atoms with Crippen molar-refractivity contribution in [1.29, 1.82) is 0 Å². The molecule has 15 heavy (non-hydrogen) atoms. The van der Waals surface area contributed by atoms with Gasteiger partial charge in [-0.05, 0) is 18.8 Å². The van der Waals surface area contributed by atoms with Gasteiger partial charge in [0, 0.05) is 5.75 Å². The topological polar surface area (TPSA) is 63.6 Å². The molecule has 0 rings (SSSR count). The second-order valence-corrected chi connectivity index (χ2v) is 9.72. The highest BCUT2D eigenvalue weighted by Crippen LogP contribution is 2.33. The Labute approximate surface area is 99.8 Å². The van der Waals surface area contributed by atoms with Gasteiger partial charge >= 0.3 is 11.9 Å². The summed E-state index contributed by atoms with van der Waals surface area (Å²) in [4.78, 5) is 20.7. The minimum absolute atomic E-state index is 0.130. The average molecular weight is 301 g/mol. The fourth-order valence-electron chi connectivity index (χ4n) is 0.698. The maximum absolute atomic E-state index is 11.1. The molecule has 0 saturated heterocycles. The fraction of sp³-hybridized carbons (Fsp3) is 0.778. The van der Waals surface area contributed by atoms with Crippen molar-refractivity contribution < 1.29 is 19.4 Å². The quantitative estimate of drug-likeness (QED) is 0.596. The number of halogens is 1. The van der Waals surface area contributed by atoms with E-state index in [4.69, 9.17) is 9.84 Å². The van der Waals surface area contributed by atoms with E-state index in [9.17, 15) is 9.59 Å². The lowest BCUT2D eigenvalue weighted by atomic mass is 10.3. The number of esters is 1. The smallest absolute Gasteiger partial charge is 0.317 e. The summed E-state index contributed by atoms with van der Waals surface area (Å²) >= 11 is 2.88. The number of alkyl halides is 1. The van der Waals surface area contributed by atoms with E-state index in [1.807, 2.05) is 0 Å². The first kappa shape index (κ1) is 14.8. The van der Waals surface area contributed by atoms with Crippen molar-refractivity contribution in [2.45, 2.75) is 11.2 Å². The third kappa shape index (κ3) is 8.74. The van der Waals surface area contributed by atoms with E-state index in [1.165, 1.54) is 0 Å². The first-order chi connectivity index (χ1) is 6.72. The summed E-state index contributed by atoms with van der Waals surface area (Å²) in [6.07, 6.45) is 6.26. The third-order valence-corrected chi connectivity index (χ3v) is 3.68. The number of carboxylic acids is 1. The molecule has 0 spiro atoms. The predicted molar refractivity (Wildman–Crippen MR) is 66.2 cm³/mol. The van der Waals surface area contributed by atoms with E-state index in [0.717, 1.165) is 5.75 Å². The van der Waals surface area contributed by atoms with Crippen LogP contribution in [0.3, 0.4) is 0 Å². The fourth-order valence-corrected chi connectivity index (χ4v) is 1.55. The van der Waals surface area contributed by atoms with Gasteiger partial charge in [0.2, 0.25) is 0 Å². The summed E-state index contributed by atoms with van der Waals surface area (Å²) < 4.78 is 4.93. The first-order valence-corrected chi connectivity index (χ1v) is 8.35. The Morgan fingerprint density at radius 3 is 2.33 bits per heavy atom. The molecule has 0 saturated carbocycles. The molecule has 1 N–H and O–H groups in total. The van der Waals surface area contributed by atoms with Gasteiger partial charge in [-0.25, -0.2) is 10.0 Å². The van der Waals surface area contributed by atoms with E-state index in [2.05, 4.69) is 34.7 Å². The van der Waals surface area contributed by atoms with E-state index in [-0.39, 0.29) is 6.42 Å². The van der Waals surface area contributed by atoms with Crippen molar-refractivity contribution in [1.82, 2.24) is 0 Å². The van der Waals surface area contributed by atoms with Gasteiger partial charge in [0.15, 0.2) is 0 Å². The van der Waals surface area contributed by atoms with Gasteiger partial charge in [-0.15, -0.1) is 0 Å². The average Bonchev–Trinajstić information content (AvgIpc) is 2.01. The van der Waals surface area contributed by atoms with Crippen molar-refractivity contribution in [2.24, 2.45) is 0 Å². The number of carbonyl (C=O) groups excluding carboxylic acids is 1. The molecule has 0 radical (unpaired) electrons. The molecular formula is C9H17BrO4S. The maximum atomic E-state index is 11.1. The van der Waals surface area contributed by atoms with Crippen molar-refractivity contribution in [3.8, 4) is 0 Å². The van der Waals surface area contributed by atoms with Crippen LogP contribution in [0, 0.1) is 0 Å². The Morgan fingerprint density at radius 1 is 1.40 bits per heavy atom. The molecule has 0 fully saturated rings. The highest BCUT2D eigenvalue weighted by Gasteiger charge is 2.18. The van der Waals surface area contributed by atoms with Crippen LogP contribution >= 0.6 is 26.0 Å². The van der Waals surface area contributed by atoms with Crippen LogP contribution in [-0.4, -0.2) is 53.0 Å². The van der Waals surface area contributed by atoms with Crippen LogP contribution in [0.25, 0.3) is 0 Å². The molecular weight excluding hydrogens is 284 g/mol. The van der Waals surface area contributed by atoms with Crippen molar-refractivity contribution in [3.63, 3.8) is 0 Å². The molecule has 0 heterocycles. The van der Waals surface area contributed by atoms with E-state index >= 15 is 0 Å². The second kappa shape index (κ2) is 6.37. The molecule has 6 heteroatoms. The number of rotatable bonds is 6. The molecule has 4 nitrogen and oxygen atoms in total. The summed E-state index contributed by atoms with van der Waals surface area (Å²) in [6.45, 7) is 0.372. The highest BCUT2D eigenvalue weighted by molar-refractivity contribution is 9.10. The summed E-state index contributed by atoms with van der Waals surface area (Å²) in [5, 5.41) is 8.54. The maximum Gasteiger partial charge on any atom is 0.317 e. The molecule has 0 aromatic rings. The number of aliphatic carboxylic acids is 1. The van der Waals surface area contributed by atoms with Gasteiger partial charge < -0.3 is 9.84 Å². The van der Waals surface area contributed by atoms with Crippen molar-refractivity contribution >= 4 is 37.9 Å². The van der Waals surface area contributed by atoms with Crippen LogP contribution in [0.4, 0.5) is 0 Å². The molecule has 0 aromatic carbocycles. The number of carboxylic acid groups (broad SMARTS) is 1. The van der Waals surface area contributed by atoms with Crippen LogP contribution in [0.15, 0.2) is 0 Å². The van der Waals surface area contributed by atoms with Crippen molar-refractivity contribution in [3.05, 3.63) is 0 Å². The Morgan fingerprint density at radius 2 is 1.93 bits per heavy atom. The molecule has 0 aromatic heterocycles. The lowest BCUT2D eigenvalue weighted by Gasteiger charge is -2.24. The monoisotopic (exact) mass is 300 g/mol. The zero-order valence-electron chi connectivity index (χ0n) is 9.16. The minimum Gasteiger partial charge on any atom is -0.480 e. The molecule has 1 atom stereocenters. The van der Waals surface area contributed by atoms with Gasteiger partial charge in [-0.1, -0.05) is 15.9 Å². The van der Waals surface area contributed by atoms with Crippen LogP contribution in [0.5, 0.6) is 0 Å². The van der Waals surface area contributed by atoms with Crippen LogP contribution in [0.2, 0.25) is 0 Å². The number of hydrogen-bond donors (Lipinski definition) is 1. The van der Waals surface area contributed by atoms with Crippen molar-refractivity contribution in [2.75, 3.05) is 31.1 Å². The summed E-state index contributed by atoms with van der Waals surface area (Å²) in [5.74, 6) is -0.671. The SMILES string of the molecule is CS(C)(C)CCOC(=O)C[C@H](Br)C(=O)O. The third-order valence-electron chi connectivity index (χ3n) is 1.57. The highest BCUT2D eigenvalue weighted by atomic mass is 79.9. The zero-order chi connectivity index (χ0) is 12.1. The van der Waals surface area contributed by atoms with Gasteiger partial charge in [0.05, 0.1) is 13.0 Å².